The monoisotopic (exact) mass is 336 g/mol. The molecule has 1 atom stereocenters. The lowest BCUT2D eigenvalue weighted by Gasteiger charge is -2.31. The Bertz CT molecular complexity index is 458. The van der Waals surface area contributed by atoms with Gasteiger partial charge in [0.25, 0.3) is 10.1 Å². The lowest BCUT2D eigenvalue weighted by atomic mass is 9.96. The molecule has 0 spiro atoms. The number of aliphatic carboxylic acids is 2. The summed E-state index contributed by atoms with van der Waals surface area (Å²) in [7, 11) is -5.11. The van der Waals surface area contributed by atoms with Gasteiger partial charge < -0.3 is 19.8 Å². The van der Waals surface area contributed by atoms with E-state index in [2.05, 4.69) is 6.92 Å². The van der Waals surface area contributed by atoms with Crippen molar-refractivity contribution in [1.82, 2.24) is 0 Å². The van der Waals surface area contributed by atoms with Crippen LogP contribution in [0.15, 0.2) is 0 Å². The largest absolute Gasteiger partial charge is 0.550 e. The predicted octanol–water partition coefficient (Wildman–Crippen LogP) is 0.0337. The van der Waals surface area contributed by atoms with Crippen LogP contribution in [-0.4, -0.2) is 29.7 Å². The molecule has 0 amide bonds. The van der Waals surface area contributed by atoms with E-state index in [9.17, 15) is 28.2 Å². The molecule has 0 rings (SSSR count). The summed E-state index contributed by atoms with van der Waals surface area (Å²) in [5.41, 5.74) is 0. The van der Waals surface area contributed by atoms with E-state index in [1.165, 1.54) is 0 Å². The second-order valence-corrected chi connectivity index (χ2v) is 7.26. The van der Waals surface area contributed by atoms with E-state index in [0.29, 0.717) is 6.42 Å². The fourth-order valence-electron chi connectivity index (χ4n) is 2.37. The van der Waals surface area contributed by atoms with Crippen molar-refractivity contribution in [3.8, 4) is 0 Å². The molecule has 1 unspecified atom stereocenters. The molecule has 22 heavy (non-hydrogen) atoms. The minimum atomic E-state index is -5.11. The van der Waals surface area contributed by atoms with Crippen molar-refractivity contribution in [3.63, 3.8) is 0 Å². The molecule has 0 aliphatic carbocycles. The van der Waals surface area contributed by atoms with Crippen LogP contribution >= 0.6 is 0 Å². The Labute approximate surface area is 131 Å². The zero-order valence-electron chi connectivity index (χ0n) is 12.9. The van der Waals surface area contributed by atoms with Crippen LogP contribution in [0.1, 0.15) is 71.1 Å². The Morgan fingerprint density at radius 2 is 1.41 bits per heavy atom. The van der Waals surface area contributed by atoms with Crippen molar-refractivity contribution in [2.75, 3.05) is 0 Å². The number of hydrogen-bond acceptors (Lipinski definition) is 6. The first kappa shape index (κ1) is 20.9. The summed E-state index contributed by atoms with van der Waals surface area (Å²) >= 11 is 0. The molecule has 0 aromatic heterocycles. The SMILES string of the molecule is CCCCCCCCCCC(CC(=O)[O-])(C(=O)[O-])S(=O)(=O)O. The number of hydrogen-bond donors (Lipinski definition) is 1. The van der Waals surface area contributed by atoms with Crippen LogP contribution in [-0.2, 0) is 19.7 Å². The van der Waals surface area contributed by atoms with Crippen LogP contribution in [0.3, 0.4) is 0 Å². The minimum Gasteiger partial charge on any atom is -0.550 e. The maximum atomic E-state index is 11.3. The van der Waals surface area contributed by atoms with Gasteiger partial charge in [-0.3, -0.25) is 4.55 Å². The smallest absolute Gasteiger partial charge is 0.276 e. The first-order valence-corrected chi connectivity index (χ1v) is 8.99. The summed E-state index contributed by atoms with van der Waals surface area (Å²) in [6, 6.07) is 0. The summed E-state index contributed by atoms with van der Waals surface area (Å²) in [6.45, 7) is 2.10. The number of carboxylic acids is 2. The molecule has 1 N–H and O–H groups in total. The molecule has 0 bridgehead atoms. The van der Waals surface area contributed by atoms with E-state index in [-0.39, 0.29) is 6.42 Å². The third-order valence-electron chi connectivity index (χ3n) is 3.73. The van der Waals surface area contributed by atoms with Crippen molar-refractivity contribution in [2.24, 2.45) is 0 Å². The molecule has 0 aliphatic heterocycles. The zero-order valence-corrected chi connectivity index (χ0v) is 13.7. The summed E-state index contributed by atoms with van der Waals surface area (Å²) in [5, 5.41) is 21.7. The van der Waals surface area contributed by atoms with Gasteiger partial charge in [0.1, 0.15) is 4.75 Å². The summed E-state index contributed by atoms with van der Waals surface area (Å²) in [4.78, 5) is 21.7. The fraction of sp³-hybridized carbons (Fsp3) is 0.857. The summed E-state index contributed by atoms with van der Waals surface area (Å²) < 4.78 is 28.9. The van der Waals surface area contributed by atoms with Crippen LogP contribution in [0.5, 0.6) is 0 Å². The lowest BCUT2D eigenvalue weighted by Crippen LogP contribution is -2.56. The first-order valence-electron chi connectivity index (χ1n) is 7.55. The highest BCUT2D eigenvalue weighted by molar-refractivity contribution is 7.88. The molecular weight excluding hydrogens is 312 g/mol. The van der Waals surface area contributed by atoms with Crippen LogP contribution in [0.4, 0.5) is 0 Å². The van der Waals surface area contributed by atoms with Gasteiger partial charge in [0.05, 0.1) is 5.97 Å². The Hall–Kier alpha value is -1.15. The molecule has 0 aromatic rings. The molecule has 8 heteroatoms. The van der Waals surface area contributed by atoms with Crippen molar-refractivity contribution in [3.05, 3.63) is 0 Å². The standard InChI is InChI=1S/C14H26O7S/c1-2-3-4-5-6-7-8-9-10-14(13(17)18,11-12(15)16)22(19,20)21/h2-11H2,1H3,(H,15,16)(H,17,18)(H,19,20,21)/p-2. The zero-order chi connectivity index (χ0) is 17.2. The topological polar surface area (TPSA) is 135 Å². The van der Waals surface area contributed by atoms with E-state index in [4.69, 9.17) is 4.55 Å². The van der Waals surface area contributed by atoms with Crippen molar-refractivity contribution in [1.29, 1.82) is 0 Å². The van der Waals surface area contributed by atoms with Gasteiger partial charge in [0.15, 0.2) is 0 Å². The van der Waals surface area contributed by atoms with Crippen LogP contribution in [0, 0.1) is 0 Å². The van der Waals surface area contributed by atoms with Gasteiger partial charge in [0, 0.05) is 12.4 Å². The quantitative estimate of drug-likeness (QED) is 0.370. The molecular formula is C14H24O7S-2. The third-order valence-corrected chi connectivity index (χ3v) is 5.23. The summed E-state index contributed by atoms with van der Waals surface area (Å²) in [6.07, 6.45) is 5.12. The minimum absolute atomic E-state index is 0.175. The van der Waals surface area contributed by atoms with Crippen molar-refractivity contribution < 1.29 is 32.8 Å². The average Bonchev–Trinajstić information content (AvgIpc) is 2.38. The Morgan fingerprint density at radius 1 is 0.955 bits per heavy atom. The van der Waals surface area contributed by atoms with E-state index in [1.54, 1.807) is 0 Å². The van der Waals surface area contributed by atoms with Gasteiger partial charge in [0.2, 0.25) is 0 Å². The number of carbonyl (C=O) groups excluding carboxylic acids is 2. The van der Waals surface area contributed by atoms with E-state index >= 15 is 0 Å². The molecule has 7 nitrogen and oxygen atoms in total. The Kier molecular flexibility index (Phi) is 9.27. The molecule has 0 aromatic carbocycles. The van der Waals surface area contributed by atoms with Crippen LogP contribution in [0.25, 0.3) is 0 Å². The van der Waals surface area contributed by atoms with Crippen molar-refractivity contribution in [2.45, 2.75) is 75.9 Å². The molecule has 0 saturated heterocycles. The second-order valence-electron chi connectivity index (χ2n) is 5.53. The highest BCUT2D eigenvalue weighted by Crippen LogP contribution is 2.28. The average molecular weight is 336 g/mol. The third kappa shape index (κ3) is 6.74. The Morgan fingerprint density at radius 3 is 1.77 bits per heavy atom. The van der Waals surface area contributed by atoms with Gasteiger partial charge in [-0.2, -0.15) is 8.42 Å². The predicted molar refractivity (Wildman–Crippen MR) is 76.1 cm³/mol. The van der Waals surface area contributed by atoms with Gasteiger partial charge in [-0.15, -0.1) is 0 Å². The van der Waals surface area contributed by atoms with Crippen LogP contribution in [0.2, 0.25) is 0 Å². The first-order chi connectivity index (χ1) is 10.2. The molecule has 0 heterocycles. The van der Waals surface area contributed by atoms with E-state index < -0.39 is 39.6 Å². The number of carbonyl (C=O) groups is 2. The lowest BCUT2D eigenvalue weighted by molar-refractivity contribution is -0.319. The molecule has 0 fully saturated rings. The van der Waals surface area contributed by atoms with Gasteiger partial charge in [-0.1, -0.05) is 58.3 Å². The fourth-order valence-corrected chi connectivity index (χ4v) is 3.28. The van der Waals surface area contributed by atoms with E-state index in [0.717, 1.165) is 38.5 Å². The highest BCUT2D eigenvalue weighted by atomic mass is 32.2. The van der Waals surface area contributed by atoms with Gasteiger partial charge >= 0.3 is 0 Å². The normalized spacial score (nSPS) is 14.5. The molecule has 0 saturated carbocycles. The van der Waals surface area contributed by atoms with Crippen molar-refractivity contribution >= 4 is 22.1 Å². The summed E-state index contributed by atoms with van der Waals surface area (Å²) in [5.74, 6) is -3.97. The molecule has 130 valence electrons. The van der Waals surface area contributed by atoms with E-state index in [1.807, 2.05) is 0 Å². The van der Waals surface area contributed by atoms with Crippen LogP contribution < -0.4 is 10.2 Å². The maximum absolute atomic E-state index is 11.3. The molecule has 0 radical (unpaired) electrons. The molecule has 0 aliphatic rings. The Balaban J connectivity index is 4.49. The number of carboxylic acid groups (broad SMARTS) is 2. The number of unbranched alkanes of at least 4 members (excludes halogenated alkanes) is 7. The highest BCUT2D eigenvalue weighted by Gasteiger charge is 2.44. The van der Waals surface area contributed by atoms with Gasteiger partial charge in [-0.05, 0) is 6.42 Å². The second kappa shape index (κ2) is 9.78. The number of rotatable bonds is 13. The maximum Gasteiger partial charge on any atom is 0.276 e. The van der Waals surface area contributed by atoms with Gasteiger partial charge in [-0.25, -0.2) is 0 Å².